The zero-order chi connectivity index (χ0) is 32.1. The van der Waals surface area contributed by atoms with E-state index < -0.39 is 23.7 Å². The number of carbonyl (C=O) groups excluding carboxylic acids is 5. The monoisotopic (exact) mass is 677 g/mol. The van der Waals surface area contributed by atoms with Crippen LogP contribution >= 0.6 is 15.9 Å². The van der Waals surface area contributed by atoms with Gasteiger partial charge < -0.3 is 9.84 Å². The van der Waals surface area contributed by atoms with Crippen molar-refractivity contribution >= 4 is 50.8 Å². The highest BCUT2D eigenvalue weighted by atomic mass is 79.9. The SMILES string of the molecule is O=C1C=C(Br)C(=O)C2=C1[C@@H](c1ccccc1OCCO)C1=CC[C@@H]3C(=O)N(c4ccc(C(=O)c5ccccc5)cc4)C(=O)[C@@H]3[C@@H]1C2. The van der Waals surface area contributed by atoms with Crippen molar-refractivity contribution in [3.05, 3.63) is 129 Å². The van der Waals surface area contributed by atoms with Gasteiger partial charge in [-0.25, -0.2) is 0 Å². The largest absolute Gasteiger partial charge is 0.491 e. The number of rotatable bonds is 7. The number of ether oxygens (including phenoxy) is 1. The molecule has 2 amide bonds. The minimum Gasteiger partial charge on any atom is -0.491 e. The summed E-state index contributed by atoms with van der Waals surface area (Å²) in [4.78, 5) is 69.3. The lowest BCUT2D eigenvalue weighted by Crippen LogP contribution is -2.39. The molecule has 0 radical (unpaired) electrons. The number of aliphatic hydroxyl groups excluding tert-OH is 1. The second-order valence-corrected chi connectivity index (χ2v) is 12.6. The van der Waals surface area contributed by atoms with Gasteiger partial charge in [-0.15, -0.1) is 0 Å². The zero-order valence-electron chi connectivity index (χ0n) is 24.5. The standard InChI is InChI=1S/C37H28BrNO7/c38-28-19-29(41)33-27(35(28)43)18-26-23(31(33)24-8-4-5-9-30(24)46-17-16-40)14-15-25-32(26)37(45)39(36(25)44)22-12-10-21(11-13-22)34(42)20-6-2-1-3-7-20/h1-14,19,25-26,31-32,40H,15-18H2/t25-,26+,31+,32-/m0/s1. The number of para-hydroxylation sites is 1. The fourth-order valence-electron chi connectivity index (χ4n) is 7.34. The summed E-state index contributed by atoms with van der Waals surface area (Å²) < 4.78 is 6.02. The van der Waals surface area contributed by atoms with E-state index in [1.165, 1.54) is 11.0 Å². The van der Waals surface area contributed by atoms with Crippen LogP contribution in [0.15, 0.2) is 112 Å². The molecule has 3 aromatic carbocycles. The van der Waals surface area contributed by atoms with E-state index in [4.69, 9.17) is 4.74 Å². The average molecular weight is 679 g/mol. The van der Waals surface area contributed by atoms with Gasteiger partial charge in [0.15, 0.2) is 17.3 Å². The Morgan fingerprint density at radius 3 is 2.30 bits per heavy atom. The van der Waals surface area contributed by atoms with Gasteiger partial charge in [0.1, 0.15) is 12.4 Å². The van der Waals surface area contributed by atoms with E-state index in [1.54, 1.807) is 60.7 Å². The Balaban J connectivity index is 1.26. The Hall–Kier alpha value is -4.73. The van der Waals surface area contributed by atoms with Gasteiger partial charge in [-0.05, 0) is 65.0 Å². The molecule has 0 bridgehead atoms. The number of halogens is 1. The number of hydrogen-bond acceptors (Lipinski definition) is 7. The number of benzene rings is 3. The Bertz CT molecular complexity index is 1910. The number of carbonyl (C=O) groups is 5. The molecule has 3 aliphatic carbocycles. The predicted octanol–water partition coefficient (Wildman–Crippen LogP) is 5.26. The number of Topliss-reactive ketones (excluding diaryl/α,β-unsaturated/α-hetero) is 1. The maximum absolute atomic E-state index is 14.2. The molecular formula is C37H28BrNO7. The van der Waals surface area contributed by atoms with Crippen LogP contribution in [0.25, 0.3) is 0 Å². The number of anilines is 1. The quantitative estimate of drug-likeness (QED) is 0.157. The summed E-state index contributed by atoms with van der Waals surface area (Å²) in [6.45, 7) is -0.165. The zero-order valence-corrected chi connectivity index (χ0v) is 26.1. The smallest absolute Gasteiger partial charge is 0.238 e. The molecule has 46 heavy (non-hydrogen) atoms. The Kier molecular flexibility index (Phi) is 7.74. The Labute approximate surface area is 273 Å². The third kappa shape index (κ3) is 4.82. The summed E-state index contributed by atoms with van der Waals surface area (Å²) in [5, 5.41) is 9.43. The maximum Gasteiger partial charge on any atom is 0.238 e. The van der Waals surface area contributed by atoms with Crippen LogP contribution in [-0.2, 0) is 19.2 Å². The number of allylic oxidation sites excluding steroid dienone is 6. The van der Waals surface area contributed by atoms with Crippen molar-refractivity contribution in [3.8, 4) is 5.75 Å². The molecule has 1 fully saturated rings. The number of amides is 2. The molecule has 0 unspecified atom stereocenters. The lowest BCUT2D eigenvalue weighted by atomic mass is 9.59. The van der Waals surface area contributed by atoms with E-state index in [0.29, 0.717) is 45.7 Å². The van der Waals surface area contributed by atoms with Crippen molar-refractivity contribution in [1.82, 2.24) is 0 Å². The number of aliphatic hydroxyl groups is 1. The molecule has 8 nitrogen and oxygen atoms in total. The van der Waals surface area contributed by atoms with Crippen LogP contribution in [0.2, 0.25) is 0 Å². The van der Waals surface area contributed by atoms with Crippen LogP contribution in [0.1, 0.15) is 40.2 Å². The first-order valence-electron chi connectivity index (χ1n) is 15.1. The van der Waals surface area contributed by atoms with E-state index in [1.807, 2.05) is 24.3 Å². The molecule has 0 aromatic heterocycles. The lowest BCUT2D eigenvalue weighted by molar-refractivity contribution is -0.123. The summed E-state index contributed by atoms with van der Waals surface area (Å²) in [6.07, 6.45) is 3.67. The first kappa shape index (κ1) is 30.0. The maximum atomic E-state index is 14.2. The minimum atomic E-state index is -0.743. The van der Waals surface area contributed by atoms with Crippen molar-refractivity contribution in [2.24, 2.45) is 17.8 Å². The van der Waals surface area contributed by atoms with Crippen LogP contribution < -0.4 is 9.64 Å². The third-order valence-electron chi connectivity index (χ3n) is 9.33. The first-order chi connectivity index (χ1) is 22.3. The summed E-state index contributed by atoms with van der Waals surface area (Å²) >= 11 is 3.25. The van der Waals surface area contributed by atoms with Gasteiger partial charge in [0.25, 0.3) is 0 Å². The Morgan fingerprint density at radius 1 is 0.870 bits per heavy atom. The number of ketones is 3. The molecule has 4 aliphatic rings. The molecule has 1 aliphatic heterocycles. The van der Waals surface area contributed by atoms with Crippen LogP contribution in [0.3, 0.4) is 0 Å². The van der Waals surface area contributed by atoms with E-state index in [2.05, 4.69) is 15.9 Å². The molecule has 1 heterocycles. The second kappa shape index (κ2) is 11.9. The number of hydrogen-bond donors (Lipinski definition) is 1. The number of fused-ring (bicyclic) bond motifs is 3. The number of imide groups is 1. The minimum absolute atomic E-state index is 0.0405. The van der Waals surface area contributed by atoms with E-state index >= 15 is 0 Å². The molecule has 7 rings (SSSR count). The summed E-state index contributed by atoms with van der Waals surface area (Å²) in [5.41, 5.74) is 3.48. The highest BCUT2D eigenvalue weighted by molar-refractivity contribution is 9.12. The molecule has 4 atom stereocenters. The fraction of sp³-hybridized carbons (Fsp3) is 0.216. The lowest BCUT2D eigenvalue weighted by Gasteiger charge is -2.42. The van der Waals surface area contributed by atoms with Gasteiger partial charge in [-0.3, -0.25) is 28.9 Å². The average Bonchev–Trinajstić information content (AvgIpc) is 3.34. The molecule has 3 aromatic rings. The van der Waals surface area contributed by atoms with Gasteiger partial charge in [0.2, 0.25) is 11.8 Å². The topological polar surface area (TPSA) is 118 Å². The van der Waals surface area contributed by atoms with Crippen molar-refractivity contribution in [1.29, 1.82) is 0 Å². The third-order valence-corrected chi connectivity index (χ3v) is 9.92. The second-order valence-electron chi connectivity index (χ2n) is 11.8. The summed E-state index contributed by atoms with van der Waals surface area (Å²) in [7, 11) is 0. The molecule has 0 saturated carbocycles. The molecular weight excluding hydrogens is 650 g/mol. The van der Waals surface area contributed by atoms with Crippen LogP contribution in [0.5, 0.6) is 5.75 Å². The molecule has 0 spiro atoms. The number of nitrogens with zero attached hydrogens (tertiary/aromatic N) is 1. The predicted molar refractivity (Wildman–Crippen MR) is 172 cm³/mol. The Morgan fingerprint density at radius 2 is 1.57 bits per heavy atom. The van der Waals surface area contributed by atoms with Gasteiger partial charge in [0, 0.05) is 39.8 Å². The highest BCUT2D eigenvalue weighted by Crippen LogP contribution is 2.56. The van der Waals surface area contributed by atoms with Crippen LogP contribution in [-0.4, -0.2) is 47.5 Å². The molecule has 1 N–H and O–H groups in total. The summed E-state index contributed by atoms with van der Waals surface area (Å²) in [5.74, 6) is -3.58. The van der Waals surface area contributed by atoms with Gasteiger partial charge >= 0.3 is 0 Å². The molecule has 1 saturated heterocycles. The van der Waals surface area contributed by atoms with Crippen LogP contribution in [0.4, 0.5) is 5.69 Å². The molecule has 230 valence electrons. The fourth-order valence-corrected chi connectivity index (χ4v) is 7.79. The van der Waals surface area contributed by atoms with E-state index in [0.717, 1.165) is 5.57 Å². The molecule has 9 heteroatoms. The van der Waals surface area contributed by atoms with Crippen molar-refractivity contribution in [2.45, 2.75) is 18.8 Å². The van der Waals surface area contributed by atoms with Crippen molar-refractivity contribution in [2.75, 3.05) is 18.1 Å². The van der Waals surface area contributed by atoms with Crippen molar-refractivity contribution < 1.29 is 33.8 Å². The van der Waals surface area contributed by atoms with Gasteiger partial charge in [-0.1, -0.05) is 60.2 Å². The van der Waals surface area contributed by atoms with Crippen LogP contribution in [0, 0.1) is 17.8 Å². The normalized spacial score (nSPS) is 23.8. The van der Waals surface area contributed by atoms with Gasteiger partial charge in [-0.2, -0.15) is 0 Å². The summed E-state index contributed by atoms with van der Waals surface area (Å²) in [6, 6.07) is 22.5. The first-order valence-corrected chi connectivity index (χ1v) is 15.9. The van der Waals surface area contributed by atoms with Gasteiger partial charge in [0.05, 0.1) is 28.6 Å². The van der Waals surface area contributed by atoms with Crippen molar-refractivity contribution in [3.63, 3.8) is 0 Å². The van der Waals surface area contributed by atoms with E-state index in [9.17, 15) is 29.1 Å². The van der Waals surface area contributed by atoms with E-state index in [-0.39, 0.29) is 53.3 Å². The highest BCUT2D eigenvalue weighted by Gasteiger charge is 2.57.